The third kappa shape index (κ3) is 18.4. The van der Waals surface area contributed by atoms with E-state index in [1.807, 2.05) is 0 Å². The Morgan fingerprint density at radius 3 is 0.615 bits per heavy atom. The van der Waals surface area contributed by atoms with Gasteiger partial charge >= 0.3 is 0 Å². The number of rotatable bonds is 27. The topological polar surface area (TPSA) is 48.1 Å². The summed E-state index contributed by atoms with van der Waals surface area (Å²) in [4.78, 5) is 0. The van der Waals surface area contributed by atoms with E-state index in [1.165, 1.54) is 123 Å². The molecule has 1 saturated carbocycles. The van der Waals surface area contributed by atoms with E-state index >= 15 is 0 Å². The summed E-state index contributed by atoms with van der Waals surface area (Å²) in [6.45, 7) is 3.20. The zero-order valence-electron chi connectivity index (χ0n) is 58.9. The lowest BCUT2D eigenvalue weighted by Crippen LogP contribution is -2.49. The molecule has 104 heavy (non-hydrogen) atoms. The van der Waals surface area contributed by atoms with Gasteiger partial charge < -0.3 is 21.3 Å². The molecule has 1 unspecified atom stereocenters. The van der Waals surface area contributed by atoms with E-state index in [4.69, 9.17) is 0 Å². The molecule has 0 spiro atoms. The maximum absolute atomic E-state index is 4.13. The van der Waals surface area contributed by atoms with Crippen molar-refractivity contribution in [2.45, 2.75) is 76.0 Å². The van der Waals surface area contributed by atoms with Crippen LogP contribution < -0.4 is 84.9 Å². The van der Waals surface area contributed by atoms with E-state index in [0.717, 1.165) is 26.2 Å². The lowest BCUT2D eigenvalue weighted by molar-refractivity contribution is 0.281. The Bertz CT molecular complexity index is 4370. The summed E-state index contributed by atoms with van der Waals surface area (Å²) < 4.78 is 0. The maximum Gasteiger partial charge on any atom is 0.0521 e. The maximum atomic E-state index is 4.13. The Morgan fingerprint density at radius 2 is 0.394 bits per heavy atom. The standard InChI is InChI=1S/C52H46N2P2.C44H44N2P2/c1-7-23-41(24-8-1)51(53-39-43-27-19-21-37-49(43)55(45-29-11-3-12-30-45)46-31-13-4-14-32-46)52(42-25-9-2-10-26-42)54-40-44-28-20-22-38-50(44)56(47-33-15-5-16-34-47)48-35-17-6-18-36-48;1-5-21-37(22-6-1)47(38-23-7-2-8-24-38)43-31-17-13-19-35(43)33-45-41-29-15-16-30-42(41)46-34-36-20-14-18-32-44(36)48(39-25-9-3-10-26-39)40-27-11-4-12-28-40/h1-38,51-54H,39-40H2;1-14,17-28,31-32,41-42,45-46H,15-16,29-30,33-34H2/t51-,52-;41-,42?/m11/s1. The van der Waals surface area contributed by atoms with Crippen LogP contribution in [0, 0.1) is 0 Å². The van der Waals surface area contributed by atoms with E-state index < -0.39 is 31.7 Å². The van der Waals surface area contributed by atoms with Gasteiger partial charge in [-0.3, -0.25) is 0 Å². The van der Waals surface area contributed by atoms with Crippen molar-refractivity contribution in [3.63, 3.8) is 0 Å². The predicted molar refractivity (Wildman–Crippen MR) is 452 cm³/mol. The van der Waals surface area contributed by atoms with Gasteiger partial charge in [0.1, 0.15) is 0 Å². The quantitative estimate of drug-likeness (QED) is 0.0388. The van der Waals surface area contributed by atoms with Crippen LogP contribution in [0.5, 0.6) is 0 Å². The van der Waals surface area contributed by atoms with Crippen molar-refractivity contribution in [1.29, 1.82) is 0 Å². The second-order valence-corrected chi connectivity index (χ2v) is 35.1. The molecule has 0 amide bonds. The van der Waals surface area contributed by atoms with Crippen molar-refractivity contribution in [3.05, 3.63) is 434 Å². The lowest BCUT2D eigenvalue weighted by atomic mass is 9.90. The van der Waals surface area contributed by atoms with Crippen LogP contribution in [0.25, 0.3) is 0 Å². The van der Waals surface area contributed by atoms with Crippen LogP contribution in [0.3, 0.4) is 0 Å². The summed E-state index contributed by atoms with van der Waals surface area (Å²) in [7, 11) is -2.79. The summed E-state index contributed by atoms with van der Waals surface area (Å²) in [5.74, 6) is 0. The van der Waals surface area contributed by atoms with E-state index in [2.05, 4.69) is 422 Å². The van der Waals surface area contributed by atoms with E-state index in [0.29, 0.717) is 12.1 Å². The van der Waals surface area contributed by atoms with Gasteiger partial charge in [0.05, 0.1) is 12.1 Å². The predicted octanol–water partition coefficient (Wildman–Crippen LogP) is 17.0. The fourth-order valence-electron chi connectivity index (χ4n) is 14.6. The summed E-state index contributed by atoms with van der Waals surface area (Å²) in [6, 6.07) is 147. The lowest BCUT2D eigenvalue weighted by Gasteiger charge is -2.34. The summed E-state index contributed by atoms with van der Waals surface area (Å²) in [6.07, 6.45) is 4.97. The molecular formula is C96H90N4P4. The van der Waals surface area contributed by atoms with E-state index in [9.17, 15) is 0 Å². The molecule has 0 saturated heterocycles. The van der Waals surface area contributed by atoms with Gasteiger partial charge in [0, 0.05) is 38.3 Å². The van der Waals surface area contributed by atoms with Crippen LogP contribution in [0.2, 0.25) is 0 Å². The molecule has 8 heteroatoms. The van der Waals surface area contributed by atoms with E-state index in [1.54, 1.807) is 0 Å². The minimum Gasteiger partial charge on any atom is -0.308 e. The van der Waals surface area contributed by atoms with Gasteiger partial charge in [-0.1, -0.05) is 413 Å². The van der Waals surface area contributed by atoms with Gasteiger partial charge in [0.2, 0.25) is 0 Å². The molecule has 0 aliphatic heterocycles. The van der Waals surface area contributed by atoms with Gasteiger partial charge in [-0.2, -0.15) is 0 Å². The fourth-order valence-corrected chi connectivity index (χ4v) is 24.4. The van der Waals surface area contributed by atoms with Gasteiger partial charge in [-0.15, -0.1) is 0 Å². The third-order valence-corrected chi connectivity index (χ3v) is 29.8. The second-order valence-electron chi connectivity index (χ2n) is 26.3. The van der Waals surface area contributed by atoms with Crippen LogP contribution in [0.1, 0.15) is 71.1 Å². The van der Waals surface area contributed by atoms with Crippen LogP contribution in [0.15, 0.2) is 400 Å². The average Bonchev–Trinajstić information content (AvgIpc) is 0.812. The highest BCUT2D eigenvalue weighted by atomic mass is 31.1. The summed E-state index contributed by atoms with van der Waals surface area (Å²) in [5, 5.41) is 33.0. The van der Waals surface area contributed by atoms with Crippen molar-refractivity contribution in [2.24, 2.45) is 0 Å². The third-order valence-electron chi connectivity index (χ3n) is 19.6. The largest absolute Gasteiger partial charge is 0.308 e. The van der Waals surface area contributed by atoms with Crippen molar-refractivity contribution >= 4 is 95.3 Å². The Kier molecular flexibility index (Phi) is 25.7. The first-order valence-electron chi connectivity index (χ1n) is 36.6. The highest BCUT2D eigenvalue weighted by molar-refractivity contribution is 7.81. The number of nitrogens with one attached hydrogen (secondary N) is 4. The summed E-state index contributed by atoms with van der Waals surface area (Å²) in [5.41, 5.74) is 7.96. The highest BCUT2D eigenvalue weighted by Crippen LogP contribution is 2.39. The Morgan fingerprint density at radius 1 is 0.212 bits per heavy atom. The highest BCUT2D eigenvalue weighted by Gasteiger charge is 2.30. The minimum atomic E-state index is -0.751. The first kappa shape index (κ1) is 71.6. The van der Waals surface area contributed by atoms with Crippen molar-refractivity contribution in [3.8, 4) is 0 Å². The molecule has 14 aromatic carbocycles. The minimum absolute atomic E-state index is 0.0109. The van der Waals surface area contributed by atoms with Crippen molar-refractivity contribution in [2.75, 3.05) is 0 Å². The number of hydrogen-bond acceptors (Lipinski definition) is 4. The molecule has 15 rings (SSSR count). The van der Waals surface area contributed by atoms with Gasteiger partial charge in [-0.05, 0) is 142 Å². The molecule has 0 bridgehead atoms. The van der Waals surface area contributed by atoms with E-state index in [-0.39, 0.29) is 12.1 Å². The Labute approximate surface area is 622 Å². The smallest absolute Gasteiger partial charge is 0.0521 e. The van der Waals surface area contributed by atoms with Crippen LogP contribution in [0.4, 0.5) is 0 Å². The first-order valence-corrected chi connectivity index (χ1v) is 42.0. The van der Waals surface area contributed by atoms with Crippen molar-refractivity contribution < 1.29 is 0 Å². The monoisotopic (exact) mass is 1420 g/mol. The molecule has 1 fully saturated rings. The van der Waals surface area contributed by atoms with Gasteiger partial charge in [0.15, 0.2) is 0 Å². The fraction of sp³-hybridized carbons (Fsp3) is 0.125. The second kappa shape index (κ2) is 37.4. The molecule has 514 valence electrons. The SMILES string of the molecule is c1ccc(P(c2ccccc2)c2ccccc2CNC2CCCC[C@H]2NCc2ccccc2P(c2ccccc2)c2ccccc2)cc1.c1ccc([C@@H](NCc2ccccc2P(c2ccccc2)c2ccccc2)[C@H](NCc2ccccc2P(c2ccccc2)c2ccccc2)c2ccccc2)cc1. The van der Waals surface area contributed by atoms with Gasteiger partial charge in [0.25, 0.3) is 0 Å². The molecule has 0 aromatic heterocycles. The number of hydrogen-bond donors (Lipinski definition) is 4. The van der Waals surface area contributed by atoms with Gasteiger partial charge in [-0.25, -0.2) is 0 Å². The zero-order chi connectivity index (χ0) is 70.2. The molecule has 4 nitrogen and oxygen atoms in total. The summed E-state index contributed by atoms with van der Waals surface area (Å²) >= 11 is 0. The van der Waals surface area contributed by atoms with Crippen LogP contribution in [-0.4, -0.2) is 12.1 Å². The first-order chi connectivity index (χ1) is 51.7. The molecule has 4 N–H and O–H groups in total. The zero-order valence-corrected chi connectivity index (χ0v) is 62.4. The van der Waals surface area contributed by atoms with Crippen LogP contribution in [-0.2, 0) is 26.2 Å². The normalized spacial score (nSPS) is 14.2. The molecule has 1 aliphatic rings. The Balaban J connectivity index is 0.000000178. The average molecular weight is 1420 g/mol. The molecular weight excluding hydrogens is 1330 g/mol. The van der Waals surface area contributed by atoms with Crippen molar-refractivity contribution in [1.82, 2.24) is 21.3 Å². The molecule has 4 atom stereocenters. The molecule has 14 aromatic rings. The molecule has 0 heterocycles. The molecule has 0 radical (unpaired) electrons. The number of benzene rings is 14. The molecule has 1 aliphatic carbocycles. The van der Waals surface area contributed by atoms with Crippen LogP contribution >= 0.6 is 31.7 Å². The Hall–Kier alpha value is -9.36.